The average molecular weight is 357 g/mol. The summed E-state index contributed by atoms with van der Waals surface area (Å²) in [5.41, 5.74) is -0.0358. The van der Waals surface area contributed by atoms with Gasteiger partial charge in [0.15, 0.2) is 11.6 Å². The number of methoxy groups -OCH3 is 1. The number of ether oxygens (including phenoxy) is 1. The zero-order chi connectivity index (χ0) is 15.6. The molecule has 7 nitrogen and oxygen atoms in total. The Bertz CT molecular complexity index is 717. The summed E-state index contributed by atoms with van der Waals surface area (Å²) in [7, 11) is 2.75. The smallest absolute Gasteiger partial charge is 0.356 e. The second-order valence-corrected chi connectivity index (χ2v) is 4.78. The van der Waals surface area contributed by atoms with E-state index in [9.17, 15) is 14.0 Å². The molecule has 2 rings (SSSR count). The van der Waals surface area contributed by atoms with E-state index in [0.717, 1.165) is 6.20 Å². The number of esters is 1. The highest BCUT2D eigenvalue weighted by Crippen LogP contribution is 2.15. The monoisotopic (exact) mass is 356 g/mol. The second-order valence-electron chi connectivity index (χ2n) is 3.97. The first-order valence-electron chi connectivity index (χ1n) is 5.67. The van der Waals surface area contributed by atoms with Gasteiger partial charge in [-0.1, -0.05) is 0 Å². The first-order chi connectivity index (χ1) is 9.92. The van der Waals surface area contributed by atoms with Gasteiger partial charge in [0.1, 0.15) is 10.3 Å². The van der Waals surface area contributed by atoms with E-state index < -0.39 is 17.7 Å². The van der Waals surface area contributed by atoms with E-state index >= 15 is 0 Å². The number of hydrogen-bond acceptors (Lipinski definition) is 5. The van der Waals surface area contributed by atoms with E-state index in [2.05, 4.69) is 36.1 Å². The van der Waals surface area contributed by atoms with Gasteiger partial charge in [0.25, 0.3) is 5.91 Å². The zero-order valence-electron chi connectivity index (χ0n) is 11.1. The number of halogens is 2. The highest BCUT2D eigenvalue weighted by molar-refractivity contribution is 9.10. The molecule has 1 N–H and O–H groups in total. The van der Waals surface area contributed by atoms with Gasteiger partial charge in [-0.3, -0.25) is 9.48 Å². The summed E-state index contributed by atoms with van der Waals surface area (Å²) in [6, 6.07) is 2.58. The SMILES string of the molecule is COC(=O)c1cc(NC(=O)c2cc(Br)ncc2F)nn1C. The summed E-state index contributed by atoms with van der Waals surface area (Å²) in [5.74, 6) is -1.96. The van der Waals surface area contributed by atoms with Crippen molar-refractivity contribution in [2.75, 3.05) is 12.4 Å². The molecule has 0 bridgehead atoms. The number of amides is 1. The first kappa shape index (κ1) is 15.1. The van der Waals surface area contributed by atoms with Gasteiger partial charge >= 0.3 is 5.97 Å². The molecule has 2 heterocycles. The quantitative estimate of drug-likeness (QED) is 0.668. The van der Waals surface area contributed by atoms with Crippen LogP contribution >= 0.6 is 15.9 Å². The first-order valence-corrected chi connectivity index (χ1v) is 6.46. The lowest BCUT2D eigenvalue weighted by atomic mass is 10.2. The Morgan fingerprint density at radius 3 is 2.81 bits per heavy atom. The highest BCUT2D eigenvalue weighted by atomic mass is 79.9. The van der Waals surface area contributed by atoms with Gasteiger partial charge in [0.2, 0.25) is 0 Å². The van der Waals surface area contributed by atoms with Crippen LogP contribution in [0.2, 0.25) is 0 Å². The zero-order valence-corrected chi connectivity index (χ0v) is 12.6. The van der Waals surface area contributed by atoms with Crippen molar-refractivity contribution in [3.63, 3.8) is 0 Å². The molecule has 2 aromatic rings. The van der Waals surface area contributed by atoms with E-state index in [4.69, 9.17) is 0 Å². The molecule has 2 aromatic heterocycles. The van der Waals surface area contributed by atoms with Crippen molar-refractivity contribution >= 4 is 33.6 Å². The average Bonchev–Trinajstić information content (AvgIpc) is 2.81. The van der Waals surface area contributed by atoms with Crippen LogP contribution in [0.25, 0.3) is 0 Å². The van der Waals surface area contributed by atoms with Gasteiger partial charge in [-0.2, -0.15) is 5.10 Å². The Labute approximate surface area is 127 Å². The van der Waals surface area contributed by atoms with E-state index in [1.54, 1.807) is 0 Å². The third-order valence-corrected chi connectivity index (χ3v) is 3.02. The number of rotatable bonds is 3. The van der Waals surface area contributed by atoms with E-state index in [-0.39, 0.29) is 17.1 Å². The lowest BCUT2D eigenvalue weighted by Gasteiger charge is -2.03. The number of anilines is 1. The number of nitrogens with zero attached hydrogens (tertiary/aromatic N) is 3. The standard InChI is InChI=1S/C12H10BrFN4O3/c1-18-8(12(20)21-2)4-10(17-18)16-11(19)6-3-9(13)15-5-7(6)14/h3-5H,1-2H3,(H,16,17,19). The van der Waals surface area contributed by atoms with Crippen molar-refractivity contribution in [1.82, 2.24) is 14.8 Å². The Morgan fingerprint density at radius 2 is 2.14 bits per heavy atom. The fraction of sp³-hybridized carbons (Fsp3) is 0.167. The summed E-state index contributed by atoms with van der Waals surface area (Å²) < 4.78 is 19.7. The molecule has 0 unspecified atom stereocenters. The molecule has 0 saturated carbocycles. The molecular weight excluding hydrogens is 347 g/mol. The fourth-order valence-corrected chi connectivity index (χ4v) is 1.93. The van der Waals surface area contributed by atoms with Gasteiger partial charge in [0, 0.05) is 13.1 Å². The van der Waals surface area contributed by atoms with Crippen molar-refractivity contribution in [2.45, 2.75) is 0 Å². The third-order valence-electron chi connectivity index (χ3n) is 2.58. The van der Waals surface area contributed by atoms with Crippen LogP contribution in [0.1, 0.15) is 20.8 Å². The van der Waals surface area contributed by atoms with E-state index in [0.29, 0.717) is 4.60 Å². The predicted molar refractivity (Wildman–Crippen MR) is 74.4 cm³/mol. The lowest BCUT2D eigenvalue weighted by Crippen LogP contribution is -2.14. The van der Waals surface area contributed by atoms with Crippen LogP contribution in [-0.2, 0) is 11.8 Å². The number of hydrogen-bond donors (Lipinski definition) is 1. The molecule has 110 valence electrons. The van der Waals surface area contributed by atoms with Gasteiger partial charge < -0.3 is 10.1 Å². The highest BCUT2D eigenvalue weighted by Gasteiger charge is 2.17. The minimum absolute atomic E-state index is 0.107. The van der Waals surface area contributed by atoms with Gasteiger partial charge in [-0.05, 0) is 22.0 Å². The normalized spacial score (nSPS) is 10.3. The minimum Gasteiger partial charge on any atom is -0.464 e. The predicted octanol–water partition coefficient (Wildman–Crippen LogP) is 1.76. The number of nitrogens with one attached hydrogen (secondary N) is 1. The van der Waals surface area contributed by atoms with Crippen LogP contribution < -0.4 is 5.32 Å². The Kier molecular flexibility index (Phi) is 4.32. The molecule has 21 heavy (non-hydrogen) atoms. The Hall–Kier alpha value is -2.29. The van der Waals surface area contributed by atoms with Crippen molar-refractivity contribution < 1.29 is 18.7 Å². The molecule has 0 aliphatic heterocycles. The second kappa shape index (κ2) is 6.00. The van der Waals surface area contributed by atoms with Gasteiger partial charge in [-0.25, -0.2) is 14.2 Å². The van der Waals surface area contributed by atoms with Crippen LogP contribution in [0, 0.1) is 5.82 Å². The van der Waals surface area contributed by atoms with Crippen LogP contribution in [0.5, 0.6) is 0 Å². The summed E-state index contributed by atoms with van der Waals surface area (Å²) in [6.07, 6.45) is 0.928. The molecule has 0 fully saturated rings. The maximum Gasteiger partial charge on any atom is 0.356 e. The van der Waals surface area contributed by atoms with Crippen molar-refractivity contribution in [3.05, 3.63) is 40.0 Å². The molecular formula is C12H10BrFN4O3. The lowest BCUT2D eigenvalue weighted by molar-refractivity contribution is 0.0588. The van der Waals surface area contributed by atoms with Gasteiger partial charge in [0.05, 0.1) is 18.9 Å². The van der Waals surface area contributed by atoms with E-state index in [1.807, 2.05) is 0 Å². The molecule has 0 atom stereocenters. The summed E-state index contributed by atoms with van der Waals surface area (Å²) >= 11 is 3.06. The third kappa shape index (κ3) is 3.24. The summed E-state index contributed by atoms with van der Waals surface area (Å²) in [5, 5.41) is 6.33. The number of aryl methyl sites for hydroxylation is 1. The number of aromatic nitrogens is 3. The van der Waals surface area contributed by atoms with Crippen molar-refractivity contribution in [3.8, 4) is 0 Å². The van der Waals surface area contributed by atoms with Crippen LogP contribution in [0.15, 0.2) is 22.9 Å². The minimum atomic E-state index is -0.764. The molecule has 0 radical (unpaired) electrons. The Balaban J connectivity index is 2.24. The maximum atomic E-state index is 13.5. The number of pyridine rings is 1. The molecule has 0 spiro atoms. The molecule has 0 aliphatic carbocycles. The maximum absolute atomic E-state index is 13.5. The van der Waals surface area contributed by atoms with Crippen LogP contribution in [-0.4, -0.2) is 33.8 Å². The summed E-state index contributed by atoms with van der Waals surface area (Å²) in [4.78, 5) is 27.1. The van der Waals surface area contributed by atoms with Crippen LogP contribution in [0.4, 0.5) is 10.2 Å². The topological polar surface area (TPSA) is 86.1 Å². The van der Waals surface area contributed by atoms with E-state index in [1.165, 1.54) is 31.0 Å². The van der Waals surface area contributed by atoms with Gasteiger partial charge in [-0.15, -0.1) is 0 Å². The fourth-order valence-electron chi connectivity index (χ4n) is 1.59. The number of carbonyl (C=O) groups excluding carboxylic acids is 2. The Morgan fingerprint density at radius 1 is 1.43 bits per heavy atom. The molecule has 0 aromatic carbocycles. The summed E-state index contributed by atoms with van der Waals surface area (Å²) in [6.45, 7) is 0. The molecule has 9 heteroatoms. The number of carbonyl (C=O) groups is 2. The van der Waals surface area contributed by atoms with Crippen molar-refractivity contribution in [1.29, 1.82) is 0 Å². The molecule has 1 amide bonds. The van der Waals surface area contributed by atoms with Crippen LogP contribution in [0.3, 0.4) is 0 Å². The molecule has 0 saturated heterocycles. The van der Waals surface area contributed by atoms with Crippen molar-refractivity contribution in [2.24, 2.45) is 7.05 Å². The molecule has 0 aliphatic rings. The largest absolute Gasteiger partial charge is 0.464 e.